The number of hydrogen-bond acceptors (Lipinski definition) is 3. The fraction of sp³-hybridized carbons (Fsp3) is 0.400. The van der Waals surface area contributed by atoms with E-state index in [4.69, 9.17) is 5.73 Å². The zero-order valence-corrected chi connectivity index (χ0v) is 12.5. The average Bonchev–Trinajstić information content (AvgIpc) is 2.81. The maximum absolute atomic E-state index is 6.45. The van der Waals surface area contributed by atoms with Gasteiger partial charge >= 0.3 is 0 Å². The molecule has 0 aliphatic carbocycles. The van der Waals surface area contributed by atoms with Crippen LogP contribution >= 0.6 is 11.8 Å². The van der Waals surface area contributed by atoms with Crippen LogP contribution in [0.4, 0.5) is 0 Å². The van der Waals surface area contributed by atoms with Gasteiger partial charge in [0.2, 0.25) is 0 Å². The molecule has 2 atom stereocenters. The van der Waals surface area contributed by atoms with Gasteiger partial charge in [-0.05, 0) is 11.5 Å². The van der Waals surface area contributed by atoms with E-state index < -0.39 is 0 Å². The Bertz CT molecular complexity index is 507. The van der Waals surface area contributed by atoms with E-state index in [0.717, 1.165) is 0 Å². The summed E-state index contributed by atoms with van der Waals surface area (Å²) in [5, 5.41) is 4.56. The van der Waals surface area contributed by atoms with Crippen LogP contribution in [0.2, 0.25) is 0 Å². The van der Waals surface area contributed by atoms with Crippen molar-refractivity contribution in [1.82, 2.24) is 9.78 Å². The van der Waals surface area contributed by atoms with E-state index in [-0.39, 0.29) is 6.04 Å². The Morgan fingerprint density at radius 2 is 1.89 bits per heavy atom. The molecule has 0 aliphatic heterocycles. The van der Waals surface area contributed by atoms with Crippen LogP contribution in [-0.4, -0.2) is 15.0 Å². The molecule has 1 aromatic carbocycles. The van der Waals surface area contributed by atoms with Crippen LogP contribution in [0.5, 0.6) is 0 Å². The molecule has 0 aliphatic rings. The number of rotatable bonds is 5. The molecular weight excluding hydrogens is 254 g/mol. The number of thioether (sulfide) groups is 1. The largest absolute Gasteiger partial charge is 0.323 e. The molecule has 2 rings (SSSR count). The summed E-state index contributed by atoms with van der Waals surface area (Å²) in [6, 6.07) is 10.3. The molecule has 1 heterocycles. The molecule has 2 aromatic rings. The zero-order chi connectivity index (χ0) is 13.8. The van der Waals surface area contributed by atoms with Crippen LogP contribution in [-0.2, 0) is 7.05 Å². The molecule has 2 N–H and O–H groups in total. The second-order valence-electron chi connectivity index (χ2n) is 5.11. The highest BCUT2D eigenvalue weighted by molar-refractivity contribution is 8.00. The van der Waals surface area contributed by atoms with Gasteiger partial charge in [0.25, 0.3) is 0 Å². The molecule has 0 bridgehead atoms. The van der Waals surface area contributed by atoms with Gasteiger partial charge in [-0.15, -0.1) is 11.8 Å². The van der Waals surface area contributed by atoms with Crippen molar-refractivity contribution in [3.63, 3.8) is 0 Å². The fourth-order valence-corrected chi connectivity index (χ4v) is 3.32. The van der Waals surface area contributed by atoms with Gasteiger partial charge in [0, 0.05) is 29.4 Å². The first kappa shape index (κ1) is 14.2. The highest BCUT2D eigenvalue weighted by Crippen LogP contribution is 2.35. The van der Waals surface area contributed by atoms with Crippen molar-refractivity contribution >= 4 is 11.8 Å². The van der Waals surface area contributed by atoms with Crippen LogP contribution in [0.15, 0.2) is 47.6 Å². The Kier molecular flexibility index (Phi) is 4.66. The summed E-state index contributed by atoms with van der Waals surface area (Å²) >= 11 is 1.81. The van der Waals surface area contributed by atoms with Crippen LogP contribution in [0.1, 0.15) is 25.5 Å². The molecule has 0 spiro atoms. The van der Waals surface area contributed by atoms with Crippen molar-refractivity contribution in [2.24, 2.45) is 18.7 Å². The van der Waals surface area contributed by atoms with E-state index in [0.29, 0.717) is 11.2 Å². The first-order chi connectivity index (χ1) is 9.08. The van der Waals surface area contributed by atoms with Crippen molar-refractivity contribution < 1.29 is 0 Å². The monoisotopic (exact) mass is 275 g/mol. The minimum atomic E-state index is 0.0337. The lowest BCUT2D eigenvalue weighted by atomic mass is 9.97. The molecule has 0 radical (unpaired) electrons. The van der Waals surface area contributed by atoms with E-state index >= 15 is 0 Å². The van der Waals surface area contributed by atoms with Crippen LogP contribution < -0.4 is 5.73 Å². The second-order valence-corrected chi connectivity index (χ2v) is 6.36. The van der Waals surface area contributed by atoms with E-state index in [9.17, 15) is 0 Å². The lowest BCUT2D eigenvalue weighted by Crippen LogP contribution is -2.28. The van der Waals surface area contributed by atoms with Gasteiger partial charge in [-0.2, -0.15) is 5.10 Å². The Labute approximate surface area is 119 Å². The minimum Gasteiger partial charge on any atom is -0.323 e. The maximum atomic E-state index is 6.45. The predicted octanol–water partition coefficient (Wildman–Crippen LogP) is 3.24. The Morgan fingerprint density at radius 1 is 1.21 bits per heavy atom. The smallest absolute Gasteiger partial charge is 0.0625 e. The van der Waals surface area contributed by atoms with Crippen molar-refractivity contribution in [1.29, 1.82) is 0 Å². The van der Waals surface area contributed by atoms with Crippen molar-refractivity contribution in [3.05, 3.63) is 48.3 Å². The van der Waals surface area contributed by atoms with Gasteiger partial charge in [-0.1, -0.05) is 44.2 Å². The molecular formula is C15H21N3S. The highest BCUT2D eigenvalue weighted by atomic mass is 32.2. The topological polar surface area (TPSA) is 43.8 Å². The van der Waals surface area contributed by atoms with Gasteiger partial charge in [0.15, 0.2) is 0 Å². The quantitative estimate of drug-likeness (QED) is 0.852. The molecule has 19 heavy (non-hydrogen) atoms. The average molecular weight is 275 g/mol. The van der Waals surface area contributed by atoms with E-state index in [2.05, 4.69) is 31.1 Å². The molecule has 0 fully saturated rings. The van der Waals surface area contributed by atoms with Crippen molar-refractivity contribution in [2.75, 3.05) is 0 Å². The minimum absolute atomic E-state index is 0.0337. The first-order valence-corrected chi connectivity index (χ1v) is 7.41. The number of benzene rings is 1. The summed E-state index contributed by atoms with van der Waals surface area (Å²) < 4.78 is 1.83. The van der Waals surface area contributed by atoms with Gasteiger partial charge in [0.05, 0.1) is 6.20 Å². The number of nitrogens with zero attached hydrogens (tertiary/aromatic N) is 2. The van der Waals surface area contributed by atoms with Crippen LogP contribution in [0.3, 0.4) is 0 Å². The molecule has 102 valence electrons. The van der Waals surface area contributed by atoms with Gasteiger partial charge in [0.1, 0.15) is 0 Å². The molecule has 3 nitrogen and oxygen atoms in total. The summed E-state index contributed by atoms with van der Waals surface area (Å²) in [5.74, 6) is 0.500. The van der Waals surface area contributed by atoms with E-state index in [1.54, 1.807) is 0 Å². The van der Waals surface area contributed by atoms with Crippen molar-refractivity contribution in [3.8, 4) is 0 Å². The third kappa shape index (κ3) is 3.61. The number of aromatic nitrogens is 2. The van der Waals surface area contributed by atoms with Crippen molar-refractivity contribution in [2.45, 2.75) is 30.0 Å². The molecule has 0 saturated carbocycles. The molecule has 1 aromatic heterocycles. The maximum Gasteiger partial charge on any atom is 0.0625 e. The second kappa shape index (κ2) is 6.26. The first-order valence-electron chi connectivity index (χ1n) is 6.53. The summed E-state index contributed by atoms with van der Waals surface area (Å²) in [7, 11) is 1.94. The van der Waals surface area contributed by atoms with E-state index in [1.807, 2.05) is 54.1 Å². The Morgan fingerprint density at radius 3 is 2.42 bits per heavy atom. The number of nitrogens with two attached hydrogens (primary N) is 1. The fourth-order valence-electron chi connectivity index (χ4n) is 2.11. The SMILES string of the molecule is CC(C)C(Sc1cnn(C)c1)C(N)c1ccccc1. The molecule has 4 heteroatoms. The lowest BCUT2D eigenvalue weighted by molar-refractivity contribution is 0.527. The van der Waals surface area contributed by atoms with Gasteiger partial charge in [-0.25, -0.2) is 0 Å². The summed E-state index contributed by atoms with van der Waals surface area (Å²) in [6.45, 7) is 4.44. The standard InChI is InChI=1S/C15H21N3S/c1-11(2)15(19-13-9-17-18(3)10-13)14(16)12-7-5-4-6-8-12/h4-11,14-15H,16H2,1-3H3. The Hall–Kier alpha value is -1.26. The Balaban J connectivity index is 2.16. The third-order valence-corrected chi connectivity index (χ3v) is 4.74. The van der Waals surface area contributed by atoms with Crippen LogP contribution in [0, 0.1) is 5.92 Å². The number of hydrogen-bond donors (Lipinski definition) is 1. The summed E-state index contributed by atoms with van der Waals surface area (Å²) in [6.07, 6.45) is 3.94. The third-order valence-electron chi connectivity index (χ3n) is 3.15. The van der Waals surface area contributed by atoms with Gasteiger partial charge < -0.3 is 5.73 Å². The van der Waals surface area contributed by atoms with E-state index in [1.165, 1.54) is 10.5 Å². The highest BCUT2D eigenvalue weighted by Gasteiger charge is 2.24. The lowest BCUT2D eigenvalue weighted by Gasteiger charge is -2.26. The summed E-state index contributed by atoms with van der Waals surface area (Å²) in [5.41, 5.74) is 7.64. The number of aryl methyl sites for hydroxylation is 1. The van der Waals surface area contributed by atoms with Crippen LogP contribution in [0.25, 0.3) is 0 Å². The molecule has 0 amide bonds. The molecule has 2 unspecified atom stereocenters. The summed E-state index contributed by atoms with van der Waals surface area (Å²) in [4.78, 5) is 1.17. The predicted molar refractivity (Wildman–Crippen MR) is 81.1 cm³/mol. The molecule has 0 saturated heterocycles. The normalized spacial score (nSPS) is 14.6. The van der Waals surface area contributed by atoms with Gasteiger partial charge in [-0.3, -0.25) is 4.68 Å². The zero-order valence-electron chi connectivity index (χ0n) is 11.7.